The molecule has 2 aromatic rings. The van der Waals surface area contributed by atoms with Crippen LogP contribution in [0.3, 0.4) is 0 Å². The number of hydrogen-bond acceptors (Lipinski definition) is 4. The largest absolute Gasteiger partial charge is 0.497 e. The Morgan fingerprint density at radius 1 is 1.25 bits per heavy atom. The van der Waals surface area contributed by atoms with E-state index in [-0.39, 0.29) is 0 Å². The van der Waals surface area contributed by atoms with Gasteiger partial charge < -0.3 is 15.2 Å². The summed E-state index contributed by atoms with van der Waals surface area (Å²) in [5, 5.41) is 12.3. The van der Waals surface area contributed by atoms with Crippen molar-refractivity contribution in [1.29, 1.82) is 0 Å². The summed E-state index contributed by atoms with van der Waals surface area (Å²) in [6.07, 6.45) is 1.57. The predicted molar refractivity (Wildman–Crippen MR) is 76.0 cm³/mol. The average Bonchev–Trinajstić information content (AvgIpc) is 2.46. The number of aromatic nitrogens is 1. The van der Waals surface area contributed by atoms with Gasteiger partial charge in [0.05, 0.1) is 7.11 Å². The Hall–Kier alpha value is -2.56. The molecular weight excluding hydrogens is 256 g/mol. The van der Waals surface area contributed by atoms with Gasteiger partial charge in [0.1, 0.15) is 5.75 Å². The molecule has 0 saturated heterocycles. The fraction of sp³-hybridized carbons (Fsp3) is 0.200. The number of aryl methyl sites for hydroxylation is 1. The second-order valence-corrected chi connectivity index (χ2v) is 4.38. The van der Waals surface area contributed by atoms with Crippen LogP contribution in [-0.4, -0.2) is 23.2 Å². The molecule has 20 heavy (non-hydrogen) atoms. The van der Waals surface area contributed by atoms with Crippen molar-refractivity contribution in [2.75, 3.05) is 12.4 Å². The quantitative estimate of drug-likeness (QED) is 0.875. The van der Waals surface area contributed by atoms with E-state index >= 15 is 0 Å². The Labute approximate surface area is 117 Å². The van der Waals surface area contributed by atoms with E-state index < -0.39 is 12.0 Å². The number of hydrogen-bond donors (Lipinski definition) is 2. The molecular formula is C15H16N2O3. The van der Waals surface area contributed by atoms with Crippen LogP contribution in [-0.2, 0) is 4.79 Å². The average molecular weight is 272 g/mol. The Balaban J connectivity index is 2.20. The fourth-order valence-electron chi connectivity index (χ4n) is 1.79. The molecule has 1 aromatic heterocycles. The highest BCUT2D eigenvalue weighted by Gasteiger charge is 2.19. The van der Waals surface area contributed by atoms with Crippen LogP contribution in [0.25, 0.3) is 0 Å². The minimum absolute atomic E-state index is 0.610. The third kappa shape index (κ3) is 3.26. The van der Waals surface area contributed by atoms with Gasteiger partial charge in [-0.15, -0.1) is 0 Å². The lowest BCUT2D eigenvalue weighted by molar-refractivity contribution is -0.138. The predicted octanol–water partition coefficient (Wildman–Crippen LogP) is 2.64. The minimum Gasteiger partial charge on any atom is -0.497 e. The highest BCUT2D eigenvalue weighted by molar-refractivity contribution is 5.79. The summed E-state index contributed by atoms with van der Waals surface area (Å²) in [5.74, 6) is -0.231. The normalized spacial score (nSPS) is 11.7. The van der Waals surface area contributed by atoms with Crippen molar-refractivity contribution in [3.05, 3.63) is 53.9 Å². The molecule has 1 heterocycles. The van der Waals surface area contributed by atoms with Crippen LogP contribution in [0.5, 0.6) is 5.75 Å². The molecule has 0 amide bonds. The summed E-state index contributed by atoms with van der Waals surface area (Å²) >= 11 is 0. The van der Waals surface area contributed by atoms with Crippen molar-refractivity contribution < 1.29 is 14.6 Å². The maximum Gasteiger partial charge on any atom is 0.330 e. The lowest BCUT2D eigenvalue weighted by Crippen LogP contribution is -2.20. The number of ether oxygens (including phenoxy) is 1. The maximum atomic E-state index is 11.4. The van der Waals surface area contributed by atoms with Crippen LogP contribution >= 0.6 is 0 Å². The molecule has 5 nitrogen and oxygen atoms in total. The molecule has 5 heteroatoms. The molecule has 1 unspecified atom stereocenters. The topological polar surface area (TPSA) is 71.5 Å². The number of anilines is 1. The molecule has 0 saturated carbocycles. The Bertz CT molecular complexity index is 579. The van der Waals surface area contributed by atoms with Gasteiger partial charge in [-0.3, -0.25) is 4.98 Å². The Kier molecular flexibility index (Phi) is 4.20. The molecule has 2 N–H and O–H groups in total. The van der Waals surface area contributed by atoms with E-state index in [9.17, 15) is 9.90 Å². The highest BCUT2D eigenvalue weighted by atomic mass is 16.5. The molecule has 0 aliphatic heterocycles. The molecule has 104 valence electrons. The zero-order valence-corrected chi connectivity index (χ0v) is 11.3. The number of nitrogens with one attached hydrogen (secondary N) is 1. The zero-order valence-electron chi connectivity index (χ0n) is 11.3. The van der Waals surface area contributed by atoms with Gasteiger partial charge in [0.2, 0.25) is 0 Å². The monoisotopic (exact) mass is 272 g/mol. The SMILES string of the molecule is COc1ccc(NC(C(=O)O)c2ccc(C)nc2)cc1. The molecule has 0 bridgehead atoms. The molecule has 0 radical (unpaired) electrons. The van der Waals surface area contributed by atoms with E-state index in [2.05, 4.69) is 10.3 Å². The van der Waals surface area contributed by atoms with E-state index in [0.717, 1.165) is 11.4 Å². The maximum absolute atomic E-state index is 11.4. The molecule has 1 aromatic carbocycles. The molecule has 2 rings (SSSR count). The number of carboxylic acids is 1. The zero-order chi connectivity index (χ0) is 14.5. The Morgan fingerprint density at radius 2 is 1.95 bits per heavy atom. The van der Waals surface area contributed by atoms with Crippen LogP contribution in [0.15, 0.2) is 42.6 Å². The van der Waals surface area contributed by atoms with Crippen LogP contribution in [0.1, 0.15) is 17.3 Å². The second-order valence-electron chi connectivity index (χ2n) is 4.38. The first-order valence-electron chi connectivity index (χ1n) is 6.16. The summed E-state index contributed by atoms with van der Waals surface area (Å²) in [6.45, 7) is 1.86. The van der Waals surface area contributed by atoms with E-state index in [4.69, 9.17) is 4.74 Å². The van der Waals surface area contributed by atoms with Gasteiger partial charge in [-0.25, -0.2) is 4.79 Å². The smallest absolute Gasteiger partial charge is 0.330 e. The molecule has 0 spiro atoms. The van der Waals surface area contributed by atoms with Gasteiger partial charge in [-0.1, -0.05) is 6.07 Å². The number of rotatable bonds is 5. The summed E-state index contributed by atoms with van der Waals surface area (Å²) in [4.78, 5) is 15.5. The molecule has 0 fully saturated rings. The van der Waals surface area contributed by atoms with Crippen molar-refractivity contribution >= 4 is 11.7 Å². The molecule has 0 aliphatic rings. The van der Waals surface area contributed by atoms with Gasteiger partial charge in [-0.05, 0) is 37.3 Å². The standard InChI is InChI=1S/C15H16N2O3/c1-10-3-4-11(9-16-10)14(15(18)19)17-12-5-7-13(20-2)8-6-12/h3-9,14,17H,1-2H3,(H,18,19). The Morgan fingerprint density at radius 3 is 2.45 bits per heavy atom. The number of aliphatic carboxylic acids is 1. The number of benzene rings is 1. The number of carboxylic acid groups (broad SMARTS) is 1. The number of pyridine rings is 1. The summed E-state index contributed by atoms with van der Waals surface area (Å²) in [6, 6.07) is 9.81. The fourth-order valence-corrected chi connectivity index (χ4v) is 1.79. The van der Waals surface area contributed by atoms with Gasteiger partial charge >= 0.3 is 5.97 Å². The van der Waals surface area contributed by atoms with Crippen molar-refractivity contribution in [3.63, 3.8) is 0 Å². The van der Waals surface area contributed by atoms with E-state index in [0.29, 0.717) is 11.3 Å². The van der Waals surface area contributed by atoms with Crippen LogP contribution in [0, 0.1) is 6.92 Å². The summed E-state index contributed by atoms with van der Waals surface area (Å²) in [7, 11) is 1.58. The lowest BCUT2D eigenvalue weighted by atomic mass is 10.1. The lowest BCUT2D eigenvalue weighted by Gasteiger charge is -2.16. The first kappa shape index (κ1) is 13.9. The van der Waals surface area contributed by atoms with Crippen molar-refractivity contribution in [2.45, 2.75) is 13.0 Å². The van der Waals surface area contributed by atoms with Gasteiger partial charge in [0.15, 0.2) is 6.04 Å². The third-order valence-electron chi connectivity index (χ3n) is 2.92. The van der Waals surface area contributed by atoms with Crippen molar-refractivity contribution in [3.8, 4) is 5.75 Å². The van der Waals surface area contributed by atoms with E-state index in [1.165, 1.54) is 0 Å². The van der Waals surface area contributed by atoms with Gasteiger partial charge in [0.25, 0.3) is 0 Å². The molecule has 1 atom stereocenters. The van der Waals surface area contributed by atoms with Crippen molar-refractivity contribution in [1.82, 2.24) is 4.98 Å². The highest BCUT2D eigenvalue weighted by Crippen LogP contribution is 2.21. The second kappa shape index (κ2) is 6.06. The van der Waals surface area contributed by atoms with Crippen LogP contribution < -0.4 is 10.1 Å². The van der Waals surface area contributed by atoms with Gasteiger partial charge in [-0.2, -0.15) is 0 Å². The first-order valence-corrected chi connectivity index (χ1v) is 6.16. The van der Waals surface area contributed by atoms with Crippen LogP contribution in [0.4, 0.5) is 5.69 Å². The number of nitrogens with zero attached hydrogens (tertiary/aromatic N) is 1. The minimum atomic E-state index is -0.952. The number of carbonyl (C=O) groups is 1. The third-order valence-corrected chi connectivity index (χ3v) is 2.92. The van der Waals surface area contributed by atoms with Gasteiger partial charge in [0, 0.05) is 23.1 Å². The van der Waals surface area contributed by atoms with E-state index in [1.807, 2.05) is 6.92 Å². The first-order chi connectivity index (χ1) is 9.60. The molecule has 0 aliphatic carbocycles. The summed E-state index contributed by atoms with van der Waals surface area (Å²) < 4.78 is 5.07. The summed E-state index contributed by atoms with van der Waals surface area (Å²) in [5.41, 5.74) is 2.17. The van der Waals surface area contributed by atoms with E-state index in [1.54, 1.807) is 49.7 Å². The van der Waals surface area contributed by atoms with Crippen LogP contribution in [0.2, 0.25) is 0 Å². The number of methoxy groups -OCH3 is 1. The van der Waals surface area contributed by atoms with Crippen molar-refractivity contribution in [2.24, 2.45) is 0 Å².